The summed E-state index contributed by atoms with van der Waals surface area (Å²) in [6.07, 6.45) is 2.00. The minimum atomic E-state index is -0.449. The number of rotatable bonds is 6. The zero-order valence-corrected chi connectivity index (χ0v) is 16.6. The van der Waals surface area contributed by atoms with Crippen LogP contribution >= 0.6 is 0 Å². The van der Waals surface area contributed by atoms with Gasteiger partial charge in [0.25, 0.3) is 5.91 Å². The molecule has 6 nitrogen and oxygen atoms in total. The number of anilines is 2. The maximum Gasteiger partial charge on any atom is 0.272 e. The van der Waals surface area contributed by atoms with Crippen molar-refractivity contribution in [2.24, 2.45) is 0 Å². The summed E-state index contributed by atoms with van der Waals surface area (Å²) in [5, 5.41) is 8.16. The summed E-state index contributed by atoms with van der Waals surface area (Å²) in [6, 6.07) is 12.8. The lowest BCUT2D eigenvalue weighted by Crippen LogP contribution is -2.29. The van der Waals surface area contributed by atoms with Crippen molar-refractivity contribution in [2.75, 3.05) is 10.6 Å². The van der Waals surface area contributed by atoms with E-state index in [0.717, 1.165) is 16.7 Å². The molecular weight excluding hydrogens is 354 g/mol. The van der Waals surface area contributed by atoms with Crippen LogP contribution in [-0.2, 0) is 14.4 Å². The highest BCUT2D eigenvalue weighted by atomic mass is 16.2. The largest absolute Gasteiger partial charge is 0.326 e. The molecule has 0 fully saturated rings. The maximum absolute atomic E-state index is 12.8. The first-order valence-electron chi connectivity index (χ1n) is 9.07. The van der Waals surface area contributed by atoms with Gasteiger partial charge in [-0.25, -0.2) is 0 Å². The van der Waals surface area contributed by atoms with Crippen LogP contribution in [0.5, 0.6) is 0 Å². The Labute approximate surface area is 165 Å². The first-order valence-corrected chi connectivity index (χ1v) is 9.07. The molecule has 0 aliphatic rings. The van der Waals surface area contributed by atoms with Gasteiger partial charge in [-0.2, -0.15) is 0 Å². The molecule has 0 bridgehead atoms. The molecule has 146 valence electrons. The van der Waals surface area contributed by atoms with E-state index in [0.29, 0.717) is 17.8 Å². The Kier molecular flexibility index (Phi) is 7.09. The van der Waals surface area contributed by atoms with Crippen LogP contribution in [0, 0.1) is 13.8 Å². The molecule has 0 aliphatic carbocycles. The standard InChI is InChI=1S/C22H25N3O3/c1-5-21(27)25-19-13-18(11-10-15(19)3)24-22(28)20(23-16(4)26)12-17-9-7-6-8-14(17)2/h6-13H,5H2,1-4H3,(H,23,26)(H,24,28)(H,25,27)/b20-12-. The number of hydrogen-bond acceptors (Lipinski definition) is 3. The van der Waals surface area contributed by atoms with E-state index in [1.165, 1.54) is 6.92 Å². The number of hydrogen-bond donors (Lipinski definition) is 3. The van der Waals surface area contributed by atoms with Crippen molar-refractivity contribution in [3.05, 3.63) is 64.9 Å². The van der Waals surface area contributed by atoms with Gasteiger partial charge in [-0.15, -0.1) is 0 Å². The molecule has 3 N–H and O–H groups in total. The van der Waals surface area contributed by atoms with Gasteiger partial charge < -0.3 is 16.0 Å². The number of nitrogens with one attached hydrogen (secondary N) is 3. The first-order chi connectivity index (χ1) is 13.3. The van der Waals surface area contributed by atoms with Gasteiger partial charge in [0.2, 0.25) is 11.8 Å². The summed E-state index contributed by atoms with van der Waals surface area (Å²) < 4.78 is 0. The van der Waals surface area contributed by atoms with Crippen LogP contribution in [0.3, 0.4) is 0 Å². The van der Waals surface area contributed by atoms with E-state index in [9.17, 15) is 14.4 Å². The van der Waals surface area contributed by atoms with E-state index >= 15 is 0 Å². The molecule has 0 spiro atoms. The van der Waals surface area contributed by atoms with Gasteiger partial charge in [0, 0.05) is 24.7 Å². The predicted molar refractivity (Wildman–Crippen MR) is 112 cm³/mol. The summed E-state index contributed by atoms with van der Waals surface area (Å²) in [4.78, 5) is 36.0. The van der Waals surface area contributed by atoms with Gasteiger partial charge in [-0.3, -0.25) is 14.4 Å². The summed E-state index contributed by atoms with van der Waals surface area (Å²) in [7, 11) is 0. The van der Waals surface area contributed by atoms with Crippen molar-refractivity contribution >= 4 is 35.2 Å². The van der Waals surface area contributed by atoms with Crippen molar-refractivity contribution < 1.29 is 14.4 Å². The summed E-state index contributed by atoms with van der Waals surface area (Å²) in [5.41, 5.74) is 4.00. The molecule has 0 saturated carbocycles. The Morgan fingerprint density at radius 1 is 0.964 bits per heavy atom. The molecule has 0 aromatic heterocycles. The Morgan fingerprint density at radius 3 is 2.32 bits per heavy atom. The molecule has 0 radical (unpaired) electrons. The van der Waals surface area contributed by atoms with Crippen molar-refractivity contribution in [3.8, 4) is 0 Å². The van der Waals surface area contributed by atoms with Crippen molar-refractivity contribution in [1.82, 2.24) is 5.32 Å². The van der Waals surface area contributed by atoms with Crippen LogP contribution in [0.2, 0.25) is 0 Å². The van der Waals surface area contributed by atoms with Crippen LogP contribution in [0.25, 0.3) is 6.08 Å². The number of amides is 3. The third-order valence-corrected chi connectivity index (χ3v) is 4.13. The number of carbonyl (C=O) groups excluding carboxylic acids is 3. The molecule has 2 rings (SSSR count). The number of benzene rings is 2. The lowest BCUT2D eigenvalue weighted by Gasteiger charge is -2.13. The van der Waals surface area contributed by atoms with Gasteiger partial charge in [-0.1, -0.05) is 37.3 Å². The second-order valence-electron chi connectivity index (χ2n) is 6.48. The van der Waals surface area contributed by atoms with E-state index in [1.807, 2.05) is 44.2 Å². The fourth-order valence-electron chi connectivity index (χ4n) is 2.52. The molecule has 0 unspecified atom stereocenters. The second-order valence-corrected chi connectivity index (χ2v) is 6.48. The predicted octanol–water partition coefficient (Wildman–Crippen LogP) is 3.77. The van der Waals surface area contributed by atoms with E-state index in [-0.39, 0.29) is 17.5 Å². The minimum absolute atomic E-state index is 0.107. The minimum Gasteiger partial charge on any atom is -0.326 e. The summed E-state index contributed by atoms with van der Waals surface area (Å²) >= 11 is 0. The summed E-state index contributed by atoms with van der Waals surface area (Å²) in [5.74, 6) is -0.894. The molecule has 0 atom stereocenters. The maximum atomic E-state index is 12.8. The molecule has 2 aromatic carbocycles. The van der Waals surface area contributed by atoms with Crippen LogP contribution in [-0.4, -0.2) is 17.7 Å². The average Bonchev–Trinajstić information content (AvgIpc) is 2.65. The fourth-order valence-corrected chi connectivity index (χ4v) is 2.52. The molecule has 0 saturated heterocycles. The Balaban J connectivity index is 2.29. The quantitative estimate of drug-likeness (QED) is 0.668. The molecule has 2 aromatic rings. The van der Waals surface area contributed by atoms with Crippen LogP contribution in [0.15, 0.2) is 48.2 Å². The van der Waals surface area contributed by atoms with E-state index in [1.54, 1.807) is 25.1 Å². The molecule has 0 heterocycles. The zero-order valence-electron chi connectivity index (χ0n) is 16.6. The fraction of sp³-hybridized carbons (Fsp3) is 0.227. The lowest BCUT2D eigenvalue weighted by atomic mass is 10.1. The lowest BCUT2D eigenvalue weighted by molar-refractivity contribution is -0.120. The van der Waals surface area contributed by atoms with Crippen molar-refractivity contribution in [2.45, 2.75) is 34.1 Å². The normalized spacial score (nSPS) is 10.9. The first kappa shape index (κ1) is 20.9. The highest BCUT2D eigenvalue weighted by Crippen LogP contribution is 2.21. The molecule has 0 aliphatic heterocycles. The van der Waals surface area contributed by atoms with Crippen LogP contribution in [0.1, 0.15) is 37.0 Å². The number of aryl methyl sites for hydroxylation is 2. The Bertz CT molecular complexity index is 932. The molecule has 3 amide bonds. The SMILES string of the molecule is CCC(=O)Nc1cc(NC(=O)/C(=C/c2ccccc2C)NC(C)=O)ccc1C. The zero-order chi connectivity index (χ0) is 20.7. The van der Waals surface area contributed by atoms with Crippen LogP contribution in [0.4, 0.5) is 11.4 Å². The van der Waals surface area contributed by atoms with E-state index < -0.39 is 5.91 Å². The second kappa shape index (κ2) is 9.50. The average molecular weight is 379 g/mol. The monoisotopic (exact) mass is 379 g/mol. The van der Waals surface area contributed by atoms with E-state index in [2.05, 4.69) is 16.0 Å². The highest BCUT2D eigenvalue weighted by Gasteiger charge is 2.13. The van der Waals surface area contributed by atoms with Crippen molar-refractivity contribution in [1.29, 1.82) is 0 Å². The van der Waals surface area contributed by atoms with Gasteiger partial charge >= 0.3 is 0 Å². The van der Waals surface area contributed by atoms with Gasteiger partial charge in [-0.05, 0) is 48.7 Å². The van der Waals surface area contributed by atoms with Crippen molar-refractivity contribution in [3.63, 3.8) is 0 Å². The third kappa shape index (κ3) is 5.81. The number of carbonyl (C=O) groups is 3. The topological polar surface area (TPSA) is 87.3 Å². The molecule has 6 heteroatoms. The Morgan fingerprint density at radius 2 is 1.68 bits per heavy atom. The van der Waals surface area contributed by atoms with Gasteiger partial charge in [0.05, 0.1) is 0 Å². The smallest absolute Gasteiger partial charge is 0.272 e. The van der Waals surface area contributed by atoms with Crippen LogP contribution < -0.4 is 16.0 Å². The molecular formula is C22H25N3O3. The van der Waals surface area contributed by atoms with E-state index in [4.69, 9.17) is 0 Å². The van der Waals surface area contributed by atoms with Gasteiger partial charge in [0.15, 0.2) is 0 Å². The third-order valence-electron chi connectivity index (χ3n) is 4.13. The highest BCUT2D eigenvalue weighted by molar-refractivity contribution is 6.09. The Hall–Kier alpha value is -3.41. The summed E-state index contributed by atoms with van der Waals surface area (Å²) in [6.45, 7) is 6.92. The molecule has 28 heavy (non-hydrogen) atoms. The van der Waals surface area contributed by atoms with Gasteiger partial charge in [0.1, 0.15) is 5.70 Å².